The molecule has 0 saturated carbocycles. The standard InChI is InChI=1S/C13H20N4O2/c18-13(19)16-6-3-12-11(10-16)9-14-17(12)8-7-15-4-1-2-5-15/h9H,1-8,10H2,(H,18,19). The fourth-order valence-corrected chi connectivity index (χ4v) is 2.99. The molecule has 0 atom stereocenters. The molecule has 2 aliphatic rings. The number of nitrogens with zero attached hydrogens (tertiary/aromatic N) is 4. The fourth-order valence-electron chi connectivity index (χ4n) is 2.99. The zero-order valence-corrected chi connectivity index (χ0v) is 11.1. The quantitative estimate of drug-likeness (QED) is 0.885. The molecule has 1 aromatic rings. The Morgan fingerprint density at radius 2 is 2.05 bits per heavy atom. The van der Waals surface area contributed by atoms with Gasteiger partial charge in [-0.3, -0.25) is 4.68 Å². The van der Waals surface area contributed by atoms with Crippen molar-refractivity contribution in [3.8, 4) is 0 Å². The van der Waals surface area contributed by atoms with Crippen LogP contribution in [0.5, 0.6) is 0 Å². The Morgan fingerprint density at radius 1 is 1.26 bits per heavy atom. The highest BCUT2D eigenvalue weighted by atomic mass is 16.4. The van der Waals surface area contributed by atoms with Crippen molar-refractivity contribution in [1.82, 2.24) is 19.6 Å². The number of likely N-dealkylation sites (tertiary alicyclic amines) is 1. The van der Waals surface area contributed by atoms with Crippen LogP contribution in [0.4, 0.5) is 4.79 Å². The molecular formula is C13H20N4O2. The summed E-state index contributed by atoms with van der Waals surface area (Å²) in [6.07, 6.45) is 4.39. The van der Waals surface area contributed by atoms with Crippen LogP contribution in [-0.2, 0) is 19.5 Å². The molecule has 0 aromatic carbocycles. The monoisotopic (exact) mass is 264 g/mol. The Morgan fingerprint density at radius 3 is 2.79 bits per heavy atom. The largest absolute Gasteiger partial charge is 0.465 e. The molecule has 3 heterocycles. The lowest BCUT2D eigenvalue weighted by atomic mass is 10.1. The summed E-state index contributed by atoms with van der Waals surface area (Å²) in [6, 6.07) is 0. The average molecular weight is 264 g/mol. The van der Waals surface area contributed by atoms with Crippen LogP contribution in [0, 0.1) is 0 Å². The van der Waals surface area contributed by atoms with Crippen molar-refractivity contribution in [2.75, 3.05) is 26.2 Å². The molecule has 1 saturated heterocycles. The van der Waals surface area contributed by atoms with Crippen molar-refractivity contribution in [3.63, 3.8) is 0 Å². The number of aromatic nitrogens is 2. The molecule has 0 radical (unpaired) electrons. The first kappa shape index (κ1) is 12.5. The van der Waals surface area contributed by atoms with Crippen LogP contribution in [0.1, 0.15) is 24.1 Å². The minimum Gasteiger partial charge on any atom is -0.465 e. The smallest absolute Gasteiger partial charge is 0.407 e. The minimum atomic E-state index is -0.838. The Balaban J connectivity index is 1.63. The predicted molar refractivity (Wildman–Crippen MR) is 70.0 cm³/mol. The van der Waals surface area contributed by atoms with Gasteiger partial charge in [0.05, 0.1) is 19.3 Å². The first-order chi connectivity index (χ1) is 9.24. The molecule has 0 aliphatic carbocycles. The second-order valence-corrected chi connectivity index (χ2v) is 5.34. The van der Waals surface area contributed by atoms with E-state index in [1.54, 1.807) is 0 Å². The van der Waals surface area contributed by atoms with E-state index in [1.807, 2.05) is 6.20 Å². The third-order valence-electron chi connectivity index (χ3n) is 4.11. The number of amides is 1. The van der Waals surface area contributed by atoms with Gasteiger partial charge in [0.1, 0.15) is 0 Å². The van der Waals surface area contributed by atoms with Crippen molar-refractivity contribution in [3.05, 3.63) is 17.5 Å². The summed E-state index contributed by atoms with van der Waals surface area (Å²) in [6.45, 7) is 5.44. The maximum atomic E-state index is 11.0. The summed E-state index contributed by atoms with van der Waals surface area (Å²) in [5.74, 6) is 0. The number of carbonyl (C=O) groups is 1. The zero-order valence-electron chi connectivity index (χ0n) is 11.1. The molecule has 19 heavy (non-hydrogen) atoms. The van der Waals surface area contributed by atoms with E-state index >= 15 is 0 Å². The minimum absolute atomic E-state index is 0.481. The van der Waals surface area contributed by atoms with Crippen LogP contribution in [0.2, 0.25) is 0 Å². The lowest BCUT2D eigenvalue weighted by molar-refractivity contribution is 0.139. The second kappa shape index (κ2) is 5.21. The van der Waals surface area contributed by atoms with E-state index in [-0.39, 0.29) is 0 Å². The van der Waals surface area contributed by atoms with Crippen LogP contribution < -0.4 is 0 Å². The molecule has 2 aliphatic heterocycles. The van der Waals surface area contributed by atoms with Gasteiger partial charge in [-0.1, -0.05) is 0 Å². The summed E-state index contributed by atoms with van der Waals surface area (Å²) in [5.41, 5.74) is 2.28. The van der Waals surface area contributed by atoms with E-state index in [1.165, 1.54) is 36.5 Å². The molecular weight excluding hydrogens is 244 g/mol. The molecule has 1 fully saturated rings. The second-order valence-electron chi connectivity index (χ2n) is 5.34. The normalized spacial score (nSPS) is 19.7. The Labute approximate surface area is 112 Å². The van der Waals surface area contributed by atoms with Gasteiger partial charge in [0.2, 0.25) is 0 Å². The number of carboxylic acid groups (broad SMARTS) is 1. The van der Waals surface area contributed by atoms with Gasteiger partial charge in [0.15, 0.2) is 0 Å². The van der Waals surface area contributed by atoms with E-state index in [9.17, 15) is 4.79 Å². The third-order valence-corrected chi connectivity index (χ3v) is 4.11. The SMILES string of the molecule is O=C(O)N1CCc2c(cnn2CCN2CCCC2)C1. The van der Waals surface area contributed by atoms with Gasteiger partial charge in [-0.25, -0.2) is 4.79 Å². The van der Waals surface area contributed by atoms with E-state index in [2.05, 4.69) is 14.7 Å². The maximum Gasteiger partial charge on any atom is 0.407 e. The summed E-state index contributed by atoms with van der Waals surface area (Å²) in [7, 11) is 0. The summed E-state index contributed by atoms with van der Waals surface area (Å²) < 4.78 is 2.06. The number of hydrogen-bond donors (Lipinski definition) is 1. The first-order valence-electron chi connectivity index (χ1n) is 6.98. The Hall–Kier alpha value is -1.56. The van der Waals surface area contributed by atoms with E-state index in [4.69, 9.17) is 5.11 Å². The number of rotatable bonds is 3. The van der Waals surface area contributed by atoms with Crippen molar-refractivity contribution in [2.45, 2.75) is 32.4 Å². The zero-order chi connectivity index (χ0) is 13.2. The van der Waals surface area contributed by atoms with E-state index < -0.39 is 6.09 Å². The molecule has 6 nitrogen and oxygen atoms in total. The van der Waals surface area contributed by atoms with Gasteiger partial charge in [0.25, 0.3) is 0 Å². The average Bonchev–Trinajstić information content (AvgIpc) is 3.05. The Kier molecular flexibility index (Phi) is 3.42. The van der Waals surface area contributed by atoms with Crippen LogP contribution in [0.15, 0.2) is 6.20 Å². The van der Waals surface area contributed by atoms with Gasteiger partial charge >= 0.3 is 6.09 Å². The molecule has 1 N–H and O–H groups in total. The van der Waals surface area contributed by atoms with E-state index in [0.29, 0.717) is 13.1 Å². The first-order valence-corrected chi connectivity index (χ1v) is 6.98. The van der Waals surface area contributed by atoms with Crippen LogP contribution in [-0.4, -0.2) is 57.0 Å². The summed E-state index contributed by atoms with van der Waals surface area (Å²) >= 11 is 0. The van der Waals surface area contributed by atoms with E-state index in [0.717, 1.165) is 25.1 Å². The molecule has 0 spiro atoms. The number of hydrogen-bond acceptors (Lipinski definition) is 3. The van der Waals surface area contributed by atoms with Gasteiger partial charge in [-0.2, -0.15) is 5.10 Å². The van der Waals surface area contributed by atoms with Crippen molar-refractivity contribution < 1.29 is 9.90 Å². The highest BCUT2D eigenvalue weighted by molar-refractivity contribution is 5.65. The van der Waals surface area contributed by atoms with Crippen molar-refractivity contribution >= 4 is 6.09 Å². The molecule has 3 rings (SSSR count). The molecule has 0 bridgehead atoms. The molecule has 1 aromatic heterocycles. The highest BCUT2D eigenvalue weighted by Crippen LogP contribution is 2.19. The topological polar surface area (TPSA) is 61.6 Å². The van der Waals surface area contributed by atoms with Gasteiger partial charge < -0.3 is 14.9 Å². The number of fused-ring (bicyclic) bond motifs is 1. The fraction of sp³-hybridized carbons (Fsp3) is 0.692. The molecule has 0 unspecified atom stereocenters. The predicted octanol–water partition coefficient (Wildman–Crippen LogP) is 1.01. The van der Waals surface area contributed by atoms with Crippen molar-refractivity contribution in [1.29, 1.82) is 0 Å². The van der Waals surface area contributed by atoms with Crippen LogP contribution in [0.3, 0.4) is 0 Å². The van der Waals surface area contributed by atoms with Crippen molar-refractivity contribution in [2.24, 2.45) is 0 Å². The highest BCUT2D eigenvalue weighted by Gasteiger charge is 2.23. The summed E-state index contributed by atoms with van der Waals surface area (Å²) in [4.78, 5) is 14.9. The Bertz CT molecular complexity index is 465. The van der Waals surface area contributed by atoms with Gasteiger partial charge in [0, 0.05) is 30.8 Å². The third kappa shape index (κ3) is 2.58. The molecule has 104 valence electrons. The van der Waals surface area contributed by atoms with Gasteiger partial charge in [-0.05, 0) is 25.9 Å². The van der Waals surface area contributed by atoms with Gasteiger partial charge in [-0.15, -0.1) is 0 Å². The summed E-state index contributed by atoms with van der Waals surface area (Å²) in [5, 5.41) is 13.4. The van der Waals surface area contributed by atoms with Crippen LogP contribution >= 0.6 is 0 Å². The van der Waals surface area contributed by atoms with Crippen LogP contribution in [0.25, 0.3) is 0 Å². The molecule has 1 amide bonds. The maximum absolute atomic E-state index is 11.0. The lowest BCUT2D eigenvalue weighted by Crippen LogP contribution is -2.35. The lowest BCUT2D eigenvalue weighted by Gasteiger charge is -2.25. The molecule has 6 heteroatoms.